The Morgan fingerprint density at radius 1 is 1.50 bits per heavy atom. The second-order valence-electron chi connectivity index (χ2n) is 3.53. The van der Waals surface area contributed by atoms with Crippen LogP contribution >= 0.6 is 0 Å². The molecule has 2 nitrogen and oxygen atoms in total. The third-order valence-corrected chi connectivity index (χ3v) is 2.44. The van der Waals surface area contributed by atoms with Crippen LogP contribution in [0.3, 0.4) is 0 Å². The second-order valence-corrected chi connectivity index (χ2v) is 3.53. The summed E-state index contributed by atoms with van der Waals surface area (Å²) in [7, 11) is 0. The Kier molecular flexibility index (Phi) is 2.23. The van der Waals surface area contributed by atoms with Crippen molar-refractivity contribution in [1.29, 1.82) is 0 Å². The first-order valence-electron chi connectivity index (χ1n) is 4.62. The monoisotopic (exact) mass is 194 g/mol. The molecule has 0 spiro atoms. The number of carbonyl (C=O) groups is 1. The topological polar surface area (TPSA) is 26.3 Å². The molecule has 1 aromatic carbocycles. The van der Waals surface area contributed by atoms with Gasteiger partial charge in [0, 0.05) is 6.42 Å². The molecule has 0 aromatic heterocycles. The maximum atomic E-state index is 13.0. The average molecular weight is 194 g/mol. The van der Waals surface area contributed by atoms with Gasteiger partial charge in [-0.1, -0.05) is 6.07 Å². The largest absolute Gasteiger partial charge is 0.457 e. The van der Waals surface area contributed by atoms with Gasteiger partial charge in [-0.3, -0.25) is 4.79 Å². The molecule has 1 aliphatic rings. The number of hydrogen-bond acceptors (Lipinski definition) is 2. The zero-order valence-corrected chi connectivity index (χ0v) is 7.92. The fourth-order valence-corrected chi connectivity index (χ4v) is 1.63. The fraction of sp³-hybridized carbons (Fsp3) is 0.364. The molecule has 0 bridgehead atoms. The molecule has 14 heavy (non-hydrogen) atoms. The summed E-state index contributed by atoms with van der Waals surface area (Å²) in [6.45, 7) is 1.70. The summed E-state index contributed by atoms with van der Waals surface area (Å²) in [6, 6.07) is 4.82. The number of halogens is 1. The van der Waals surface area contributed by atoms with E-state index in [2.05, 4.69) is 0 Å². The molecule has 74 valence electrons. The highest BCUT2D eigenvalue weighted by Crippen LogP contribution is 2.30. The van der Waals surface area contributed by atoms with E-state index < -0.39 is 0 Å². The predicted molar refractivity (Wildman–Crippen MR) is 49.2 cm³/mol. The van der Waals surface area contributed by atoms with E-state index in [0.29, 0.717) is 18.4 Å². The van der Waals surface area contributed by atoms with Crippen LogP contribution in [0.4, 0.5) is 4.39 Å². The van der Waals surface area contributed by atoms with Crippen LogP contribution in [0.5, 0.6) is 0 Å². The van der Waals surface area contributed by atoms with Crippen LogP contribution in [0.25, 0.3) is 0 Å². The van der Waals surface area contributed by atoms with Crippen LogP contribution in [-0.4, -0.2) is 5.97 Å². The van der Waals surface area contributed by atoms with Crippen LogP contribution in [0, 0.1) is 12.7 Å². The van der Waals surface area contributed by atoms with Gasteiger partial charge in [0.2, 0.25) is 0 Å². The van der Waals surface area contributed by atoms with E-state index >= 15 is 0 Å². The van der Waals surface area contributed by atoms with Crippen molar-refractivity contribution in [2.75, 3.05) is 0 Å². The third kappa shape index (κ3) is 1.62. The Balaban J connectivity index is 2.24. The Morgan fingerprint density at radius 2 is 2.29 bits per heavy atom. The first-order chi connectivity index (χ1) is 6.66. The Hall–Kier alpha value is -1.38. The van der Waals surface area contributed by atoms with Crippen molar-refractivity contribution in [3.05, 3.63) is 35.1 Å². The lowest BCUT2D eigenvalue weighted by molar-refractivity contribution is -0.141. The van der Waals surface area contributed by atoms with Crippen molar-refractivity contribution in [3.8, 4) is 0 Å². The molecule has 1 atom stereocenters. The zero-order chi connectivity index (χ0) is 10.1. The minimum absolute atomic E-state index is 0.169. The molecule has 0 N–H and O–H groups in total. The first kappa shape index (κ1) is 9.19. The van der Waals surface area contributed by atoms with Crippen molar-refractivity contribution in [2.24, 2.45) is 0 Å². The van der Waals surface area contributed by atoms with Gasteiger partial charge in [-0.25, -0.2) is 4.39 Å². The van der Waals surface area contributed by atoms with Crippen molar-refractivity contribution >= 4 is 5.97 Å². The van der Waals surface area contributed by atoms with Gasteiger partial charge in [0.05, 0.1) is 0 Å². The summed E-state index contributed by atoms with van der Waals surface area (Å²) < 4.78 is 18.0. The maximum Gasteiger partial charge on any atom is 0.306 e. The second kappa shape index (κ2) is 3.40. The maximum absolute atomic E-state index is 13.0. The Bertz CT molecular complexity index is 374. The van der Waals surface area contributed by atoms with Gasteiger partial charge >= 0.3 is 5.97 Å². The van der Waals surface area contributed by atoms with Gasteiger partial charge in [-0.05, 0) is 36.6 Å². The summed E-state index contributed by atoms with van der Waals surface area (Å²) in [5.74, 6) is -0.393. The summed E-state index contributed by atoms with van der Waals surface area (Å²) in [6.07, 6.45) is 0.979. The molecule has 1 unspecified atom stereocenters. The highest BCUT2D eigenvalue weighted by atomic mass is 19.1. The first-order valence-corrected chi connectivity index (χ1v) is 4.62. The molecule has 1 heterocycles. The summed E-state index contributed by atoms with van der Waals surface area (Å²) in [5.41, 5.74) is 1.47. The zero-order valence-electron chi connectivity index (χ0n) is 7.92. The quantitative estimate of drug-likeness (QED) is 0.642. The van der Waals surface area contributed by atoms with Gasteiger partial charge in [-0.2, -0.15) is 0 Å². The molecule has 1 fully saturated rings. The van der Waals surface area contributed by atoms with Gasteiger partial charge in [0.1, 0.15) is 11.9 Å². The fourth-order valence-electron chi connectivity index (χ4n) is 1.63. The van der Waals surface area contributed by atoms with E-state index in [0.717, 1.165) is 5.56 Å². The van der Waals surface area contributed by atoms with E-state index in [9.17, 15) is 9.18 Å². The van der Waals surface area contributed by atoms with Crippen molar-refractivity contribution in [3.63, 3.8) is 0 Å². The lowest BCUT2D eigenvalue weighted by atomic mass is 10.0. The lowest BCUT2D eigenvalue weighted by Crippen LogP contribution is -1.99. The highest BCUT2D eigenvalue weighted by molar-refractivity contribution is 5.71. The molecule has 0 amide bonds. The van der Waals surface area contributed by atoms with E-state index in [1.165, 1.54) is 6.07 Å². The predicted octanol–water partition coefficient (Wildman–Crippen LogP) is 2.51. The number of benzene rings is 1. The number of rotatable bonds is 1. The van der Waals surface area contributed by atoms with Gasteiger partial charge < -0.3 is 4.74 Å². The third-order valence-electron chi connectivity index (χ3n) is 2.44. The summed E-state index contributed by atoms with van der Waals surface area (Å²) in [4.78, 5) is 10.9. The number of ether oxygens (including phenoxy) is 1. The molecule has 0 aliphatic carbocycles. The molecule has 0 saturated carbocycles. The van der Waals surface area contributed by atoms with Gasteiger partial charge in [0.15, 0.2) is 0 Å². The molecule has 2 rings (SSSR count). The summed E-state index contributed by atoms with van der Waals surface area (Å²) in [5, 5.41) is 0. The number of carbonyl (C=O) groups excluding carboxylic acids is 1. The smallest absolute Gasteiger partial charge is 0.306 e. The summed E-state index contributed by atoms with van der Waals surface area (Å²) >= 11 is 0. The molecule has 1 aliphatic heterocycles. The Morgan fingerprint density at radius 3 is 2.86 bits per heavy atom. The minimum atomic E-state index is -0.224. The van der Waals surface area contributed by atoms with Crippen LogP contribution in [0.15, 0.2) is 18.2 Å². The molecular formula is C11H11FO2. The van der Waals surface area contributed by atoms with Crippen LogP contribution in [-0.2, 0) is 9.53 Å². The normalized spacial score (nSPS) is 21.0. The van der Waals surface area contributed by atoms with Crippen LogP contribution in [0.1, 0.15) is 30.1 Å². The van der Waals surface area contributed by atoms with Crippen molar-refractivity contribution in [2.45, 2.75) is 25.9 Å². The molecule has 3 heteroatoms. The Labute approximate surface area is 81.7 Å². The molecule has 1 saturated heterocycles. The average Bonchev–Trinajstić information content (AvgIpc) is 2.57. The highest BCUT2D eigenvalue weighted by Gasteiger charge is 2.24. The SMILES string of the molecule is Cc1cc(C2CCC(=O)O2)ccc1F. The molecule has 0 radical (unpaired) electrons. The number of cyclic esters (lactones) is 1. The van der Waals surface area contributed by atoms with Gasteiger partial charge in [0.25, 0.3) is 0 Å². The molecule has 1 aromatic rings. The van der Waals surface area contributed by atoms with E-state index in [4.69, 9.17) is 4.74 Å². The minimum Gasteiger partial charge on any atom is -0.457 e. The van der Waals surface area contributed by atoms with Crippen LogP contribution < -0.4 is 0 Å². The number of aryl methyl sites for hydroxylation is 1. The van der Waals surface area contributed by atoms with E-state index in [1.807, 2.05) is 0 Å². The van der Waals surface area contributed by atoms with E-state index in [1.54, 1.807) is 19.1 Å². The number of esters is 1. The van der Waals surface area contributed by atoms with Crippen molar-refractivity contribution < 1.29 is 13.9 Å². The standard InChI is InChI=1S/C11H11FO2/c1-7-6-8(2-3-9(7)12)10-4-5-11(13)14-10/h2-3,6,10H,4-5H2,1H3. The lowest BCUT2D eigenvalue weighted by Gasteiger charge is -2.10. The number of hydrogen-bond donors (Lipinski definition) is 0. The van der Waals surface area contributed by atoms with Crippen molar-refractivity contribution in [1.82, 2.24) is 0 Å². The van der Waals surface area contributed by atoms with Gasteiger partial charge in [-0.15, -0.1) is 0 Å². The molecular weight excluding hydrogens is 183 g/mol. The van der Waals surface area contributed by atoms with E-state index in [-0.39, 0.29) is 17.9 Å². The van der Waals surface area contributed by atoms with Crippen LogP contribution in [0.2, 0.25) is 0 Å².